The summed E-state index contributed by atoms with van der Waals surface area (Å²) < 4.78 is 22.7. The molecule has 0 saturated heterocycles. The second-order valence-corrected chi connectivity index (χ2v) is 6.46. The largest absolute Gasteiger partial charge is 0.399 e. The van der Waals surface area contributed by atoms with E-state index in [-0.39, 0.29) is 4.90 Å². The molecular weight excluding hydrogens is 270 g/mol. The van der Waals surface area contributed by atoms with E-state index in [1.54, 1.807) is 36.4 Å². The number of sulfone groups is 1. The molecule has 0 amide bonds. The van der Waals surface area contributed by atoms with Gasteiger partial charge in [0.15, 0.2) is 9.84 Å². The molecule has 0 atom stereocenters. The van der Waals surface area contributed by atoms with Crippen LogP contribution in [0.4, 0.5) is 5.69 Å². The summed E-state index contributed by atoms with van der Waals surface area (Å²) in [5, 5.41) is 0.544. The van der Waals surface area contributed by atoms with E-state index in [0.29, 0.717) is 10.7 Å². The third-order valence-corrected chi connectivity index (χ3v) is 4.03. The first-order chi connectivity index (χ1) is 8.38. The van der Waals surface area contributed by atoms with Crippen LogP contribution < -0.4 is 5.73 Å². The van der Waals surface area contributed by atoms with E-state index in [0.717, 1.165) is 11.1 Å². The van der Waals surface area contributed by atoms with E-state index >= 15 is 0 Å². The van der Waals surface area contributed by atoms with E-state index in [4.69, 9.17) is 17.3 Å². The predicted octanol–water partition coefficient (Wildman–Crippen LogP) is 2.99. The molecule has 0 aliphatic heterocycles. The number of anilines is 1. The molecule has 0 spiro atoms. The van der Waals surface area contributed by atoms with Gasteiger partial charge in [0.25, 0.3) is 0 Å². The molecule has 94 valence electrons. The molecule has 0 aliphatic carbocycles. The molecule has 0 heterocycles. The molecule has 0 aliphatic rings. The number of hydrogen-bond donors (Lipinski definition) is 1. The second kappa shape index (κ2) is 4.63. The van der Waals surface area contributed by atoms with Gasteiger partial charge < -0.3 is 5.73 Å². The van der Waals surface area contributed by atoms with Crippen LogP contribution in [-0.2, 0) is 9.84 Å². The van der Waals surface area contributed by atoms with Crippen molar-refractivity contribution in [2.45, 2.75) is 4.90 Å². The number of nitrogens with two attached hydrogens (primary N) is 1. The third-order valence-electron chi connectivity index (χ3n) is 2.59. The molecule has 5 heteroatoms. The van der Waals surface area contributed by atoms with E-state index in [2.05, 4.69) is 0 Å². The first-order valence-corrected chi connectivity index (χ1v) is 7.50. The van der Waals surface area contributed by atoms with Gasteiger partial charge in [-0.3, -0.25) is 0 Å². The predicted molar refractivity (Wildman–Crippen MR) is 74.4 cm³/mol. The van der Waals surface area contributed by atoms with Gasteiger partial charge in [-0.05, 0) is 29.8 Å². The molecule has 0 unspecified atom stereocenters. The van der Waals surface area contributed by atoms with Crippen molar-refractivity contribution in [3.8, 4) is 11.1 Å². The second-order valence-electron chi connectivity index (χ2n) is 4.04. The SMILES string of the molecule is CS(=O)(=O)c1ccc(-c2ccc(N)cc2Cl)cc1. The summed E-state index contributed by atoms with van der Waals surface area (Å²) in [6, 6.07) is 11.8. The molecular formula is C13H12ClNO2S. The van der Waals surface area contributed by atoms with Gasteiger partial charge in [0, 0.05) is 17.5 Å². The summed E-state index contributed by atoms with van der Waals surface area (Å²) in [5.41, 5.74) is 7.90. The highest BCUT2D eigenvalue weighted by Gasteiger charge is 2.08. The maximum Gasteiger partial charge on any atom is 0.175 e. The normalized spacial score (nSPS) is 11.4. The van der Waals surface area contributed by atoms with Gasteiger partial charge in [-0.15, -0.1) is 0 Å². The molecule has 18 heavy (non-hydrogen) atoms. The average Bonchev–Trinajstić information content (AvgIpc) is 2.28. The molecule has 0 radical (unpaired) electrons. The highest BCUT2D eigenvalue weighted by molar-refractivity contribution is 7.90. The van der Waals surface area contributed by atoms with Crippen molar-refractivity contribution in [1.82, 2.24) is 0 Å². The van der Waals surface area contributed by atoms with E-state index in [1.807, 2.05) is 6.07 Å². The summed E-state index contributed by atoms with van der Waals surface area (Å²) in [4.78, 5) is 0.290. The van der Waals surface area contributed by atoms with Crippen molar-refractivity contribution in [2.75, 3.05) is 12.0 Å². The first-order valence-electron chi connectivity index (χ1n) is 5.23. The van der Waals surface area contributed by atoms with Crippen molar-refractivity contribution in [3.05, 3.63) is 47.5 Å². The van der Waals surface area contributed by atoms with Gasteiger partial charge in [0.05, 0.1) is 9.92 Å². The lowest BCUT2D eigenvalue weighted by Crippen LogP contribution is -1.96. The zero-order valence-electron chi connectivity index (χ0n) is 9.72. The molecule has 3 nitrogen and oxygen atoms in total. The highest BCUT2D eigenvalue weighted by Crippen LogP contribution is 2.30. The Kier molecular flexibility index (Phi) is 3.32. The Labute approximate surface area is 111 Å². The van der Waals surface area contributed by atoms with Crippen molar-refractivity contribution in [2.24, 2.45) is 0 Å². The van der Waals surface area contributed by atoms with Crippen LogP contribution in [0.1, 0.15) is 0 Å². The molecule has 0 aromatic heterocycles. The fourth-order valence-electron chi connectivity index (χ4n) is 1.65. The van der Waals surface area contributed by atoms with Gasteiger partial charge in [-0.25, -0.2) is 8.42 Å². The Balaban J connectivity index is 2.47. The fraction of sp³-hybridized carbons (Fsp3) is 0.0769. The van der Waals surface area contributed by atoms with Crippen LogP contribution in [0, 0.1) is 0 Å². The zero-order valence-corrected chi connectivity index (χ0v) is 11.3. The van der Waals surface area contributed by atoms with Crippen molar-refractivity contribution >= 4 is 27.1 Å². The lowest BCUT2D eigenvalue weighted by Gasteiger charge is -2.06. The highest BCUT2D eigenvalue weighted by atomic mass is 35.5. The maximum absolute atomic E-state index is 11.3. The maximum atomic E-state index is 11.3. The first kappa shape index (κ1) is 12.9. The van der Waals surface area contributed by atoms with E-state index in [9.17, 15) is 8.42 Å². The van der Waals surface area contributed by atoms with Crippen LogP contribution in [0.3, 0.4) is 0 Å². The number of nitrogen functional groups attached to an aromatic ring is 1. The minimum Gasteiger partial charge on any atom is -0.399 e. The molecule has 2 rings (SSSR count). The Morgan fingerprint density at radius 1 is 1.06 bits per heavy atom. The molecule has 2 aromatic carbocycles. The average molecular weight is 282 g/mol. The summed E-state index contributed by atoms with van der Waals surface area (Å²) in [7, 11) is -3.17. The number of benzene rings is 2. The zero-order chi connectivity index (χ0) is 13.3. The summed E-state index contributed by atoms with van der Waals surface area (Å²) in [6.45, 7) is 0. The van der Waals surface area contributed by atoms with Crippen LogP contribution in [0.2, 0.25) is 5.02 Å². The fourth-order valence-corrected chi connectivity index (χ4v) is 2.58. The van der Waals surface area contributed by atoms with Crippen LogP contribution in [0.15, 0.2) is 47.4 Å². The minimum atomic E-state index is -3.17. The number of rotatable bonds is 2. The van der Waals surface area contributed by atoms with Crippen LogP contribution in [0.25, 0.3) is 11.1 Å². The molecule has 0 fully saturated rings. The number of hydrogen-bond acceptors (Lipinski definition) is 3. The third kappa shape index (κ3) is 2.66. The molecule has 2 N–H and O–H groups in total. The Morgan fingerprint density at radius 2 is 1.67 bits per heavy atom. The van der Waals surface area contributed by atoms with Crippen LogP contribution in [0.5, 0.6) is 0 Å². The van der Waals surface area contributed by atoms with Gasteiger partial charge in [-0.2, -0.15) is 0 Å². The van der Waals surface area contributed by atoms with Crippen molar-refractivity contribution < 1.29 is 8.42 Å². The Hall–Kier alpha value is -1.52. The van der Waals surface area contributed by atoms with Crippen LogP contribution in [-0.4, -0.2) is 14.7 Å². The lowest BCUT2D eigenvalue weighted by molar-refractivity contribution is 0.602. The van der Waals surface area contributed by atoms with Crippen LogP contribution >= 0.6 is 11.6 Å². The van der Waals surface area contributed by atoms with Gasteiger partial charge in [0.1, 0.15) is 0 Å². The topological polar surface area (TPSA) is 60.2 Å². The van der Waals surface area contributed by atoms with Gasteiger partial charge in [-0.1, -0.05) is 29.8 Å². The quantitative estimate of drug-likeness (QED) is 0.861. The van der Waals surface area contributed by atoms with E-state index in [1.165, 1.54) is 6.26 Å². The minimum absolute atomic E-state index is 0.290. The van der Waals surface area contributed by atoms with Gasteiger partial charge in [0.2, 0.25) is 0 Å². The Bertz CT molecular complexity index is 679. The standard InChI is InChI=1S/C13H12ClNO2S/c1-18(16,17)11-5-2-9(3-6-11)12-7-4-10(15)8-13(12)14/h2-8H,15H2,1H3. The van der Waals surface area contributed by atoms with Crippen molar-refractivity contribution in [3.63, 3.8) is 0 Å². The Morgan fingerprint density at radius 3 is 2.17 bits per heavy atom. The lowest BCUT2D eigenvalue weighted by atomic mass is 10.1. The van der Waals surface area contributed by atoms with Crippen molar-refractivity contribution in [1.29, 1.82) is 0 Å². The smallest absolute Gasteiger partial charge is 0.175 e. The summed E-state index contributed by atoms with van der Waals surface area (Å²) in [6.07, 6.45) is 1.18. The monoisotopic (exact) mass is 281 g/mol. The summed E-state index contributed by atoms with van der Waals surface area (Å²) in [5.74, 6) is 0. The molecule has 2 aromatic rings. The number of halogens is 1. The molecule has 0 saturated carbocycles. The van der Waals surface area contributed by atoms with E-state index < -0.39 is 9.84 Å². The van der Waals surface area contributed by atoms with Gasteiger partial charge >= 0.3 is 0 Å². The molecule has 0 bridgehead atoms. The summed E-state index contributed by atoms with van der Waals surface area (Å²) >= 11 is 6.10.